The van der Waals surface area contributed by atoms with Gasteiger partial charge in [-0.05, 0) is 31.4 Å². The van der Waals surface area contributed by atoms with Crippen LogP contribution in [0.1, 0.15) is 25.5 Å². The molecule has 0 saturated carbocycles. The lowest BCUT2D eigenvalue weighted by Gasteiger charge is -2.23. The van der Waals surface area contributed by atoms with Crippen LogP contribution in [-0.4, -0.2) is 26.1 Å². The molecule has 136 valence electrons. The van der Waals surface area contributed by atoms with Gasteiger partial charge >= 0.3 is 0 Å². The van der Waals surface area contributed by atoms with E-state index in [9.17, 15) is 13.2 Å². The Morgan fingerprint density at radius 3 is 2.77 bits per heavy atom. The predicted molar refractivity (Wildman–Crippen MR) is 88.2 cm³/mol. The summed E-state index contributed by atoms with van der Waals surface area (Å²) in [4.78, 5) is 12.4. The number of aromatic nitrogens is 4. The van der Waals surface area contributed by atoms with Crippen molar-refractivity contribution in [2.75, 3.05) is 17.7 Å². The number of nitrogen functional groups attached to an aromatic ring is 1. The molecule has 3 heterocycles. The number of hydrogen-bond donors (Lipinski definition) is 2. The maximum Gasteiger partial charge on any atom is 0.224 e. The van der Waals surface area contributed by atoms with E-state index in [4.69, 9.17) is 10.5 Å². The molecule has 3 aromatic rings. The van der Waals surface area contributed by atoms with E-state index in [0.717, 1.165) is 31.4 Å². The molecule has 2 aromatic heterocycles. The van der Waals surface area contributed by atoms with Crippen molar-refractivity contribution >= 4 is 28.6 Å². The van der Waals surface area contributed by atoms with Crippen LogP contribution in [0.2, 0.25) is 0 Å². The molecule has 1 fully saturated rings. The highest BCUT2D eigenvalue weighted by Crippen LogP contribution is 2.30. The number of nitrogens with zero attached hydrogens (tertiary/aromatic N) is 4. The Morgan fingerprint density at radius 1 is 1.15 bits per heavy atom. The minimum atomic E-state index is -1.57. The quantitative estimate of drug-likeness (QED) is 0.693. The van der Waals surface area contributed by atoms with Gasteiger partial charge in [0.25, 0.3) is 0 Å². The molecule has 0 aliphatic carbocycles. The summed E-state index contributed by atoms with van der Waals surface area (Å²) in [5.41, 5.74) is 6.20. The van der Waals surface area contributed by atoms with E-state index in [-0.39, 0.29) is 23.7 Å². The van der Waals surface area contributed by atoms with E-state index in [2.05, 4.69) is 20.3 Å². The van der Waals surface area contributed by atoms with Crippen LogP contribution in [-0.2, 0) is 4.74 Å². The molecule has 1 aliphatic heterocycles. The van der Waals surface area contributed by atoms with Crippen molar-refractivity contribution in [1.29, 1.82) is 0 Å². The van der Waals surface area contributed by atoms with Crippen LogP contribution in [0.3, 0.4) is 0 Å². The lowest BCUT2D eigenvalue weighted by atomic mass is 10.2. The van der Waals surface area contributed by atoms with Crippen LogP contribution in [0.25, 0.3) is 11.2 Å². The summed E-state index contributed by atoms with van der Waals surface area (Å²) in [6, 6.07) is 1.88. The number of anilines is 3. The van der Waals surface area contributed by atoms with Crippen LogP contribution in [0, 0.1) is 17.5 Å². The molecule has 10 heteroatoms. The Kier molecular flexibility index (Phi) is 4.11. The molecular weight excluding hydrogens is 349 g/mol. The number of hydrogen-bond acceptors (Lipinski definition) is 6. The van der Waals surface area contributed by atoms with Crippen molar-refractivity contribution in [3.8, 4) is 0 Å². The second-order valence-corrected chi connectivity index (χ2v) is 5.92. The highest BCUT2D eigenvalue weighted by atomic mass is 19.2. The zero-order valence-electron chi connectivity index (χ0n) is 13.5. The molecule has 0 amide bonds. The number of nitrogens with one attached hydrogen (secondary N) is 1. The summed E-state index contributed by atoms with van der Waals surface area (Å²) in [7, 11) is 0. The first-order valence-electron chi connectivity index (χ1n) is 8.07. The minimum absolute atomic E-state index is 0.0689. The van der Waals surface area contributed by atoms with Gasteiger partial charge in [0.15, 0.2) is 34.4 Å². The van der Waals surface area contributed by atoms with Gasteiger partial charge in [0.05, 0.1) is 12.0 Å². The summed E-state index contributed by atoms with van der Waals surface area (Å²) in [6.07, 6.45) is 4.12. The molecule has 1 aliphatic rings. The summed E-state index contributed by atoms with van der Waals surface area (Å²) in [6.45, 7) is 0.635. The van der Waals surface area contributed by atoms with Gasteiger partial charge in [-0.1, -0.05) is 0 Å². The first-order valence-corrected chi connectivity index (χ1v) is 8.07. The smallest absolute Gasteiger partial charge is 0.224 e. The van der Waals surface area contributed by atoms with Gasteiger partial charge in [-0.2, -0.15) is 9.97 Å². The van der Waals surface area contributed by atoms with Crippen LogP contribution >= 0.6 is 0 Å². The molecule has 1 atom stereocenters. The Bertz CT molecular complexity index is 970. The number of nitrogens with two attached hydrogens (primary N) is 1. The summed E-state index contributed by atoms with van der Waals surface area (Å²) in [5.74, 6) is -4.19. The highest BCUT2D eigenvalue weighted by Gasteiger charge is 2.22. The predicted octanol–water partition coefficient (Wildman–Crippen LogP) is 3.27. The van der Waals surface area contributed by atoms with Gasteiger partial charge in [-0.15, -0.1) is 0 Å². The zero-order valence-corrected chi connectivity index (χ0v) is 13.5. The second-order valence-electron chi connectivity index (χ2n) is 5.92. The van der Waals surface area contributed by atoms with Crippen LogP contribution in [0.4, 0.5) is 30.6 Å². The van der Waals surface area contributed by atoms with E-state index in [1.165, 1.54) is 0 Å². The van der Waals surface area contributed by atoms with Crippen molar-refractivity contribution in [1.82, 2.24) is 19.5 Å². The van der Waals surface area contributed by atoms with Gasteiger partial charge in [0.2, 0.25) is 5.95 Å². The molecule has 0 radical (unpaired) electrons. The van der Waals surface area contributed by atoms with E-state index >= 15 is 0 Å². The van der Waals surface area contributed by atoms with Crippen molar-refractivity contribution in [2.45, 2.75) is 25.5 Å². The van der Waals surface area contributed by atoms with Crippen LogP contribution < -0.4 is 11.1 Å². The lowest BCUT2D eigenvalue weighted by molar-refractivity contribution is -0.0298. The Balaban J connectivity index is 1.76. The SMILES string of the molecule is Nc1nc(Nc2ccc(F)c(F)c2F)c2ncn(C3CCCCO3)c2n1. The maximum atomic E-state index is 13.9. The molecule has 1 aromatic carbocycles. The summed E-state index contributed by atoms with van der Waals surface area (Å²) >= 11 is 0. The first kappa shape index (κ1) is 16.6. The standard InChI is InChI=1S/C16H15F3N6O/c17-8-4-5-9(12(19)11(8)18)22-14-13-15(24-16(20)23-14)25(7-21-13)10-3-1-2-6-26-10/h4-5,7,10H,1-3,6H2,(H3,20,22,23,24). The first-order chi connectivity index (χ1) is 12.5. The van der Waals surface area contributed by atoms with Crippen LogP contribution in [0.15, 0.2) is 18.5 Å². The summed E-state index contributed by atoms with van der Waals surface area (Å²) in [5, 5.41) is 2.61. The van der Waals surface area contributed by atoms with Gasteiger partial charge in [0.1, 0.15) is 6.23 Å². The van der Waals surface area contributed by atoms with Gasteiger partial charge in [-0.3, -0.25) is 4.57 Å². The van der Waals surface area contributed by atoms with Crippen molar-refractivity contribution in [3.05, 3.63) is 35.9 Å². The highest BCUT2D eigenvalue weighted by molar-refractivity contribution is 5.86. The van der Waals surface area contributed by atoms with Gasteiger partial charge in [-0.25, -0.2) is 18.2 Å². The fraction of sp³-hybridized carbons (Fsp3) is 0.312. The third-order valence-electron chi connectivity index (χ3n) is 4.19. The fourth-order valence-corrected chi connectivity index (χ4v) is 2.92. The Labute approximate surface area is 146 Å². The average molecular weight is 364 g/mol. The van der Waals surface area contributed by atoms with Crippen molar-refractivity contribution in [3.63, 3.8) is 0 Å². The molecule has 3 N–H and O–H groups in total. The third-order valence-corrected chi connectivity index (χ3v) is 4.19. The number of imidazole rings is 1. The normalized spacial score (nSPS) is 17.6. The number of halogens is 3. The molecule has 26 heavy (non-hydrogen) atoms. The fourth-order valence-electron chi connectivity index (χ4n) is 2.92. The number of ether oxygens (including phenoxy) is 1. The zero-order chi connectivity index (χ0) is 18.3. The van der Waals surface area contributed by atoms with Gasteiger partial charge < -0.3 is 15.8 Å². The number of fused-ring (bicyclic) bond motifs is 1. The van der Waals surface area contributed by atoms with Crippen LogP contribution in [0.5, 0.6) is 0 Å². The third kappa shape index (κ3) is 2.81. The molecule has 1 unspecified atom stereocenters. The number of benzene rings is 1. The minimum Gasteiger partial charge on any atom is -0.368 e. The monoisotopic (exact) mass is 364 g/mol. The topological polar surface area (TPSA) is 90.9 Å². The lowest BCUT2D eigenvalue weighted by Crippen LogP contribution is -2.18. The molecule has 1 saturated heterocycles. The average Bonchev–Trinajstić information content (AvgIpc) is 3.07. The molecule has 0 bridgehead atoms. The largest absolute Gasteiger partial charge is 0.368 e. The molecular formula is C16H15F3N6O. The van der Waals surface area contributed by atoms with Crippen molar-refractivity contribution in [2.24, 2.45) is 0 Å². The molecule has 7 nitrogen and oxygen atoms in total. The molecule has 4 rings (SSSR count). The van der Waals surface area contributed by atoms with E-state index in [1.807, 2.05) is 0 Å². The van der Waals surface area contributed by atoms with E-state index in [0.29, 0.717) is 17.8 Å². The maximum absolute atomic E-state index is 13.9. The Hall–Kier alpha value is -2.88. The van der Waals surface area contributed by atoms with Crippen molar-refractivity contribution < 1.29 is 17.9 Å². The Morgan fingerprint density at radius 2 is 2.00 bits per heavy atom. The van der Waals surface area contributed by atoms with E-state index < -0.39 is 17.5 Å². The summed E-state index contributed by atoms with van der Waals surface area (Å²) < 4.78 is 48.0. The second kappa shape index (κ2) is 6.45. The van der Waals surface area contributed by atoms with Gasteiger partial charge in [0, 0.05) is 6.61 Å². The van der Waals surface area contributed by atoms with E-state index in [1.54, 1.807) is 10.9 Å². The number of rotatable bonds is 3. The molecule has 0 spiro atoms.